The van der Waals surface area contributed by atoms with E-state index in [2.05, 4.69) is 38.6 Å². The van der Waals surface area contributed by atoms with Crippen LogP contribution < -0.4 is 0 Å². The molecule has 4 nitrogen and oxygen atoms in total. The lowest BCUT2D eigenvalue weighted by molar-refractivity contribution is -0.134. The monoisotopic (exact) mass is 342 g/mol. The van der Waals surface area contributed by atoms with Gasteiger partial charge >= 0.3 is 5.97 Å². The lowest BCUT2D eigenvalue weighted by Crippen LogP contribution is -2.48. The Bertz CT molecular complexity index is 435. The molecule has 0 unspecified atom stereocenters. The van der Waals surface area contributed by atoms with E-state index in [1.165, 1.54) is 13.2 Å². The molecule has 0 spiro atoms. The van der Waals surface area contributed by atoms with Crippen LogP contribution in [-0.4, -0.2) is 33.3 Å². The van der Waals surface area contributed by atoms with Crippen molar-refractivity contribution < 1.29 is 18.8 Å². The Labute approximate surface area is 142 Å². The van der Waals surface area contributed by atoms with E-state index in [1.54, 1.807) is 6.08 Å². The Balaban J connectivity index is 5.44. The molecule has 0 aliphatic carbocycles. The number of esters is 1. The summed E-state index contributed by atoms with van der Waals surface area (Å²) < 4.78 is 11.2. The average Bonchev–Trinajstić information content (AvgIpc) is 2.47. The van der Waals surface area contributed by atoms with Crippen molar-refractivity contribution in [3.05, 3.63) is 12.2 Å². The summed E-state index contributed by atoms with van der Waals surface area (Å²) >= 11 is 0. The molecule has 0 aliphatic rings. The van der Waals surface area contributed by atoms with E-state index in [4.69, 9.17) is 4.43 Å². The summed E-state index contributed by atoms with van der Waals surface area (Å²) in [5.41, 5.74) is 0. The first-order valence-corrected chi connectivity index (χ1v) is 11.2. The Morgan fingerprint density at radius 3 is 2.09 bits per heavy atom. The summed E-state index contributed by atoms with van der Waals surface area (Å²) in [4.78, 5) is 23.5. The molecule has 0 N–H and O–H groups in total. The molecule has 0 aromatic heterocycles. The van der Waals surface area contributed by atoms with Crippen LogP contribution in [0.2, 0.25) is 18.1 Å². The van der Waals surface area contributed by atoms with Crippen LogP contribution in [0.3, 0.4) is 0 Å². The maximum atomic E-state index is 12.2. The van der Waals surface area contributed by atoms with Crippen LogP contribution in [0, 0.1) is 11.8 Å². The van der Waals surface area contributed by atoms with E-state index in [1.807, 2.05) is 20.8 Å². The van der Waals surface area contributed by atoms with Gasteiger partial charge in [0.2, 0.25) is 0 Å². The average molecular weight is 343 g/mol. The molecule has 0 aromatic carbocycles. The van der Waals surface area contributed by atoms with Crippen molar-refractivity contribution in [1.82, 2.24) is 0 Å². The van der Waals surface area contributed by atoms with Crippen molar-refractivity contribution in [2.45, 2.75) is 72.2 Å². The van der Waals surface area contributed by atoms with Gasteiger partial charge in [0.15, 0.2) is 8.32 Å². The summed E-state index contributed by atoms with van der Waals surface area (Å²) in [7, 11) is -0.668. The lowest BCUT2D eigenvalue weighted by atomic mass is 9.89. The van der Waals surface area contributed by atoms with Gasteiger partial charge in [-0.25, -0.2) is 4.79 Å². The fraction of sp³-hybridized carbons (Fsp3) is 0.778. The normalized spacial score (nSPS) is 16.9. The molecule has 0 fully saturated rings. The Morgan fingerprint density at radius 1 is 1.17 bits per heavy atom. The third-order valence-electron chi connectivity index (χ3n) is 4.84. The van der Waals surface area contributed by atoms with Crippen molar-refractivity contribution in [3.63, 3.8) is 0 Å². The van der Waals surface area contributed by atoms with E-state index >= 15 is 0 Å². The molecule has 5 heteroatoms. The molecule has 23 heavy (non-hydrogen) atoms. The van der Waals surface area contributed by atoms with Gasteiger partial charge in [0.1, 0.15) is 5.78 Å². The molecule has 3 atom stereocenters. The van der Waals surface area contributed by atoms with Crippen molar-refractivity contribution >= 4 is 20.1 Å². The first kappa shape index (κ1) is 22.1. The van der Waals surface area contributed by atoms with Crippen LogP contribution in [0.4, 0.5) is 0 Å². The van der Waals surface area contributed by atoms with Gasteiger partial charge in [0.25, 0.3) is 0 Å². The fourth-order valence-electron chi connectivity index (χ4n) is 2.09. The summed E-state index contributed by atoms with van der Waals surface area (Å²) in [6.45, 7) is 16.7. The summed E-state index contributed by atoms with van der Waals surface area (Å²) in [6.07, 6.45) is 3.45. The summed E-state index contributed by atoms with van der Waals surface area (Å²) in [5, 5.41) is 0.0615. The molecular formula is C18H34O4Si. The van der Waals surface area contributed by atoms with Gasteiger partial charge in [-0.1, -0.05) is 47.6 Å². The Kier molecular flexibility index (Phi) is 8.42. The standard InChI is InChI=1S/C18H34O4Si/c1-10-15(19)14(3)17(13(2)11-12-16(20)21-7)22-23(8,9)18(4,5)6/h11-14,17H,10H2,1-9H3/b12-11+/t13-,14+,17+/m0/s1. The number of methoxy groups -OCH3 is 1. The van der Waals surface area contributed by atoms with Crippen molar-refractivity contribution in [2.24, 2.45) is 11.8 Å². The third kappa shape index (κ3) is 6.59. The van der Waals surface area contributed by atoms with Crippen LogP contribution in [0.1, 0.15) is 48.0 Å². The molecule has 0 saturated carbocycles. The van der Waals surface area contributed by atoms with E-state index in [0.717, 1.165) is 0 Å². The Morgan fingerprint density at radius 2 is 1.70 bits per heavy atom. The van der Waals surface area contributed by atoms with Gasteiger partial charge in [-0.05, 0) is 18.1 Å². The van der Waals surface area contributed by atoms with Crippen LogP contribution in [0.25, 0.3) is 0 Å². The molecule has 0 heterocycles. The smallest absolute Gasteiger partial charge is 0.330 e. The van der Waals surface area contributed by atoms with Crippen LogP contribution >= 0.6 is 0 Å². The second-order valence-corrected chi connectivity index (χ2v) is 12.4. The van der Waals surface area contributed by atoms with Gasteiger partial charge < -0.3 is 9.16 Å². The molecule has 0 amide bonds. The topological polar surface area (TPSA) is 52.6 Å². The second-order valence-electron chi connectivity index (χ2n) is 7.69. The number of ether oxygens (including phenoxy) is 1. The lowest BCUT2D eigenvalue weighted by Gasteiger charge is -2.42. The van der Waals surface area contributed by atoms with Crippen LogP contribution in [-0.2, 0) is 18.8 Å². The van der Waals surface area contributed by atoms with E-state index in [0.29, 0.717) is 6.42 Å². The number of rotatable bonds is 8. The predicted octanol–water partition coefficient (Wildman–Crippen LogP) is 4.36. The van der Waals surface area contributed by atoms with Crippen molar-refractivity contribution in [2.75, 3.05) is 7.11 Å². The van der Waals surface area contributed by atoms with Crippen molar-refractivity contribution in [1.29, 1.82) is 0 Å². The van der Waals surface area contributed by atoms with Gasteiger partial charge in [0, 0.05) is 24.3 Å². The molecule has 0 bridgehead atoms. The highest BCUT2D eigenvalue weighted by Crippen LogP contribution is 2.39. The minimum absolute atomic E-state index is 0.0475. The fourth-order valence-corrected chi connectivity index (χ4v) is 3.55. The van der Waals surface area contributed by atoms with E-state index in [9.17, 15) is 9.59 Å². The van der Waals surface area contributed by atoms with Gasteiger partial charge in [-0.15, -0.1) is 0 Å². The zero-order chi connectivity index (χ0) is 18.4. The quantitative estimate of drug-likeness (QED) is 0.374. The number of carbonyl (C=O) groups is 2. The Hall–Kier alpha value is -0.943. The maximum absolute atomic E-state index is 12.2. The largest absolute Gasteiger partial charge is 0.466 e. The summed E-state index contributed by atoms with van der Waals surface area (Å²) in [5.74, 6) is -0.454. The van der Waals surface area contributed by atoms with Gasteiger partial charge in [-0.3, -0.25) is 4.79 Å². The minimum atomic E-state index is -2.02. The van der Waals surface area contributed by atoms with Gasteiger partial charge in [0.05, 0.1) is 13.2 Å². The first-order chi connectivity index (χ1) is 10.4. The molecule has 0 rings (SSSR count). The number of ketones is 1. The number of hydrogen-bond acceptors (Lipinski definition) is 4. The molecule has 0 aromatic rings. The molecular weight excluding hydrogens is 308 g/mol. The number of carbonyl (C=O) groups excluding carboxylic acids is 2. The molecule has 0 aliphatic heterocycles. The van der Waals surface area contributed by atoms with Crippen molar-refractivity contribution in [3.8, 4) is 0 Å². The summed E-state index contributed by atoms with van der Waals surface area (Å²) in [6, 6.07) is 0. The predicted molar refractivity (Wildman–Crippen MR) is 96.9 cm³/mol. The second kappa shape index (κ2) is 8.78. The first-order valence-electron chi connectivity index (χ1n) is 8.34. The molecule has 134 valence electrons. The van der Waals surface area contributed by atoms with E-state index in [-0.39, 0.29) is 28.8 Å². The highest BCUT2D eigenvalue weighted by atomic mass is 28.4. The minimum Gasteiger partial charge on any atom is -0.466 e. The highest BCUT2D eigenvalue weighted by Gasteiger charge is 2.42. The van der Waals surface area contributed by atoms with Crippen LogP contribution in [0.5, 0.6) is 0 Å². The third-order valence-corrected chi connectivity index (χ3v) is 9.32. The van der Waals surface area contributed by atoms with Crippen LogP contribution in [0.15, 0.2) is 12.2 Å². The molecule has 0 saturated heterocycles. The highest BCUT2D eigenvalue weighted by molar-refractivity contribution is 6.74. The zero-order valence-electron chi connectivity index (χ0n) is 16.2. The van der Waals surface area contributed by atoms with Gasteiger partial charge in [-0.2, -0.15) is 0 Å². The SMILES string of the molecule is CCC(=O)[C@@H](C)[C@H](O[Si](C)(C)C(C)(C)C)[C@@H](C)/C=C/C(=O)OC. The maximum Gasteiger partial charge on any atom is 0.330 e. The zero-order valence-corrected chi connectivity index (χ0v) is 17.2. The number of Topliss-reactive ketones (excluding diaryl/α,β-unsaturated/α-hetero) is 1. The molecule has 0 radical (unpaired) electrons. The number of hydrogen-bond donors (Lipinski definition) is 0. The van der Waals surface area contributed by atoms with E-state index < -0.39 is 14.3 Å².